The van der Waals surface area contributed by atoms with E-state index in [-0.39, 0.29) is 17.8 Å². The molecule has 1 atom stereocenters. The van der Waals surface area contributed by atoms with E-state index in [0.29, 0.717) is 22.1 Å². The van der Waals surface area contributed by atoms with Gasteiger partial charge in [-0.2, -0.15) is 5.10 Å². The van der Waals surface area contributed by atoms with E-state index in [2.05, 4.69) is 20.4 Å². The molecule has 0 saturated carbocycles. The number of alkyl halides is 1. The van der Waals surface area contributed by atoms with Crippen molar-refractivity contribution in [3.63, 3.8) is 0 Å². The molecule has 142 valence electrons. The molecule has 3 aromatic heterocycles. The summed E-state index contributed by atoms with van der Waals surface area (Å²) in [4.78, 5) is 20.7. The molecule has 3 heterocycles. The van der Waals surface area contributed by atoms with Crippen LogP contribution in [0.3, 0.4) is 0 Å². The average Bonchev–Trinajstić information content (AvgIpc) is 3.01. The van der Waals surface area contributed by atoms with Crippen LogP contribution in [0.25, 0.3) is 17.0 Å². The van der Waals surface area contributed by atoms with Crippen LogP contribution >= 0.6 is 11.6 Å². The zero-order valence-corrected chi connectivity index (χ0v) is 15.4. The monoisotopic (exact) mass is 392 g/mol. The highest BCUT2D eigenvalue weighted by Crippen LogP contribution is 2.23. The maximum Gasteiger partial charge on any atom is 0.255 e. The first-order valence-electron chi connectivity index (χ1n) is 8.06. The molecule has 0 aliphatic rings. The predicted octanol–water partition coefficient (Wildman–Crippen LogP) is 1.87. The molecule has 0 saturated heterocycles. The highest BCUT2D eigenvalue weighted by Gasteiger charge is 2.27. The topological polar surface area (TPSA) is 118 Å². The van der Waals surface area contributed by atoms with E-state index >= 15 is 0 Å². The molecular formula is C17H18ClFN6O2. The number of nitrogen functional groups attached to an aromatic ring is 1. The van der Waals surface area contributed by atoms with Gasteiger partial charge in [-0.05, 0) is 19.9 Å². The predicted molar refractivity (Wildman–Crippen MR) is 99.2 cm³/mol. The van der Waals surface area contributed by atoms with Crippen molar-refractivity contribution in [1.29, 1.82) is 0 Å². The molecule has 0 radical (unpaired) electrons. The second-order valence-electron chi connectivity index (χ2n) is 6.58. The van der Waals surface area contributed by atoms with Crippen LogP contribution in [0.1, 0.15) is 24.2 Å². The van der Waals surface area contributed by atoms with Crippen LogP contribution in [0.4, 0.5) is 10.1 Å². The summed E-state index contributed by atoms with van der Waals surface area (Å²) in [6.45, 7) is 2.30. The first kappa shape index (κ1) is 19.0. The summed E-state index contributed by atoms with van der Waals surface area (Å²) in [5.41, 5.74) is 6.27. The fourth-order valence-corrected chi connectivity index (χ4v) is 2.50. The number of anilines is 1. The number of fused-ring (bicyclic) bond motifs is 1. The Morgan fingerprint density at radius 1 is 1.37 bits per heavy atom. The number of halogens is 2. The molecule has 4 N–H and O–H groups in total. The van der Waals surface area contributed by atoms with Crippen molar-refractivity contribution in [2.24, 2.45) is 0 Å². The number of nitrogens with zero attached hydrogens (tertiary/aromatic N) is 4. The van der Waals surface area contributed by atoms with Crippen molar-refractivity contribution in [2.75, 3.05) is 12.3 Å². The number of nitrogens with two attached hydrogens (primary N) is 1. The van der Waals surface area contributed by atoms with Gasteiger partial charge >= 0.3 is 0 Å². The lowest BCUT2D eigenvalue weighted by molar-refractivity contribution is -0.00177. The molecule has 8 nitrogen and oxygen atoms in total. The molecule has 0 aromatic carbocycles. The molecule has 3 aromatic rings. The van der Waals surface area contributed by atoms with Crippen molar-refractivity contribution in [1.82, 2.24) is 24.9 Å². The lowest BCUT2D eigenvalue weighted by atomic mass is 10.0. The van der Waals surface area contributed by atoms with E-state index in [0.717, 1.165) is 0 Å². The van der Waals surface area contributed by atoms with E-state index in [9.17, 15) is 14.3 Å². The van der Waals surface area contributed by atoms with Crippen molar-refractivity contribution < 1.29 is 14.3 Å². The van der Waals surface area contributed by atoms with Crippen molar-refractivity contribution in [3.05, 3.63) is 41.3 Å². The number of hydrogen-bond donors (Lipinski definition) is 3. The Kier molecular flexibility index (Phi) is 4.99. The Balaban J connectivity index is 1.82. The number of nitrogens with one attached hydrogen (secondary N) is 1. The van der Waals surface area contributed by atoms with Crippen LogP contribution in [-0.4, -0.2) is 48.9 Å². The summed E-state index contributed by atoms with van der Waals surface area (Å²) < 4.78 is 15.3. The van der Waals surface area contributed by atoms with Gasteiger partial charge < -0.3 is 16.2 Å². The van der Waals surface area contributed by atoms with Crippen LogP contribution in [-0.2, 0) is 0 Å². The van der Waals surface area contributed by atoms with Gasteiger partial charge in [-0.15, -0.1) is 0 Å². The van der Waals surface area contributed by atoms with Gasteiger partial charge in [0.1, 0.15) is 11.9 Å². The van der Waals surface area contributed by atoms with E-state index < -0.39 is 17.7 Å². The van der Waals surface area contributed by atoms with Crippen LogP contribution in [0.5, 0.6) is 0 Å². The molecule has 0 fully saturated rings. The molecule has 3 rings (SSSR count). The molecule has 0 bridgehead atoms. The van der Waals surface area contributed by atoms with Crippen molar-refractivity contribution in [2.45, 2.75) is 25.6 Å². The van der Waals surface area contributed by atoms with E-state index in [1.807, 2.05) is 0 Å². The number of aromatic nitrogens is 4. The molecule has 0 aliphatic carbocycles. The van der Waals surface area contributed by atoms with Crippen LogP contribution < -0.4 is 11.1 Å². The normalized spacial score (nSPS) is 12.9. The van der Waals surface area contributed by atoms with Gasteiger partial charge in [-0.25, -0.2) is 13.9 Å². The van der Waals surface area contributed by atoms with Gasteiger partial charge in [-0.3, -0.25) is 9.78 Å². The summed E-state index contributed by atoms with van der Waals surface area (Å²) in [7, 11) is 0. The number of pyridine rings is 1. The van der Waals surface area contributed by atoms with Crippen molar-refractivity contribution in [3.8, 4) is 11.4 Å². The van der Waals surface area contributed by atoms with Gasteiger partial charge in [0.05, 0.1) is 40.8 Å². The van der Waals surface area contributed by atoms with E-state index in [4.69, 9.17) is 17.3 Å². The zero-order chi connectivity index (χ0) is 19.8. The third-order valence-electron chi connectivity index (χ3n) is 3.98. The highest BCUT2D eigenvalue weighted by molar-refractivity contribution is 6.30. The van der Waals surface area contributed by atoms with Gasteiger partial charge in [0.25, 0.3) is 5.91 Å². The first-order valence-corrected chi connectivity index (χ1v) is 8.44. The third kappa shape index (κ3) is 3.99. The van der Waals surface area contributed by atoms with Crippen LogP contribution in [0.15, 0.2) is 30.7 Å². The maximum absolute atomic E-state index is 13.8. The summed E-state index contributed by atoms with van der Waals surface area (Å²) >= 11 is 5.90. The molecular weight excluding hydrogens is 375 g/mol. The number of rotatable bonds is 5. The summed E-state index contributed by atoms with van der Waals surface area (Å²) in [5, 5.41) is 16.6. The fraction of sp³-hybridized carbons (Fsp3) is 0.294. The van der Waals surface area contributed by atoms with E-state index in [1.54, 1.807) is 16.8 Å². The average molecular weight is 393 g/mol. The minimum atomic E-state index is -1.62. The molecule has 27 heavy (non-hydrogen) atoms. The summed E-state index contributed by atoms with van der Waals surface area (Å²) in [5.74, 6) is -0.582. The minimum absolute atomic E-state index is 0.103. The second kappa shape index (κ2) is 7.09. The second-order valence-corrected chi connectivity index (χ2v) is 7.01. The lowest BCUT2D eigenvalue weighted by Gasteiger charge is -2.22. The Morgan fingerprint density at radius 2 is 2.11 bits per heavy atom. The Morgan fingerprint density at radius 3 is 2.78 bits per heavy atom. The Hall–Kier alpha value is -2.78. The number of carbonyl (C=O) groups excluding carboxylic acids is 1. The number of carbonyl (C=O) groups is 1. The standard InChI is InChI=1S/C17H18ClFN6O2/c1-17(2,27)14(19)8-23-16(26)10-6-21-12(4-11(10)20)13-7-22-15-3-9(18)5-24-25(13)15/h3-7,14,27H,8H2,1-2H3,(H2,20,21)(H,23,26). The quantitative estimate of drug-likeness (QED) is 0.610. The molecule has 0 aliphatic heterocycles. The van der Waals surface area contributed by atoms with Gasteiger partial charge in [-0.1, -0.05) is 11.6 Å². The maximum atomic E-state index is 13.8. The van der Waals surface area contributed by atoms with Gasteiger partial charge in [0.2, 0.25) is 0 Å². The largest absolute Gasteiger partial charge is 0.398 e. The molecule has 10 heteroatoms. The Bertz CT molecular complexity index is 1000. The molecule has 1 unspecified atom stereocenters. The number of imidazole rings is 1. The van der Waals surface area contributed by atoms with Crippen LogP contribution in [0.2, 0.25) is 5.02 Å². The third-order valence-corrected chi connectivity index (χ3v) is 4.19. The van der Waals surface area contributed by atoms with Gasteiger partial charge in [0, 0.05) is 18.0 Å². The zero-order valence-electron chi connectivity index (χ0n) is 14.6. The van der Waals surface area contributed by atoms with Crippen molar-refractivity contribution >= 4 is 28.8 Å². The molecule has 1 amide bonds. The fourth-order valence-electron chi connectivity index (χ4n) is 2.36. The smallest absolute Gasteiger partial charge is 0.255 e. The van der Waals surface area contributed by atoms with E-state index in [1.165, 1.54) is 32.3 Å². The molecule has 0 spiro atoms. The van der Waals surface area contributed by atoms with Crippen LogP contribution in [0, 0.1) is 0 Å². The first-order chi connectivity index (χ1) is 12.7. The Labute approximate surface area is 159 Å². The number of hydrogen-bond acceptors (Lipinski definition) is 6. The number of amides is 1. The minimum Gasteiger partial charge on any atom is -0.398 e. The SMILES string of the molecule is CC(C)(O)C(F)CNC(=O)c1cnc(-c2cnc3cc(Cl)cnn23)cc1N. The lowest BCUT2D eigenvalue weighted by Crippen LogP contribution is -2.42. The highest BCUT2D eigenvalue weighted by atomic mass is 35.5. The summed E-state index contributed by atoms with van der Waals surface area (Å²) in [6.07, 6.45) is 2.72. The van der Waals surface area contributed by atoms with Gasteiger partial charge in [0.15, 0.2) is 5.65 Å². The number of aliphatic hydroxyl groups is 1. The summed E-state index contributed by atoms with van der Waals surface area (Å²) in [6, 6.07) is 3.16.